The van der Waals surface area contributed by atoms with Crippen LogP contribution < -0.4 is 9.88 Å². The normalized spacial score (nSPS) is 31.6. The van der Waals surface area contributed by atoms with Crippen LogP contribution in [-0.2, 0) is 16.6 Å². The monoisotopic (exact) mass is 371 g/mol. The predicted octanol–water partition coefficient (Wildman–Crippen LogP) is 2.78. The van der Waals surface area contributed by atoms with Crippen molar-refractivity contribution in [2.24, 2.45) is 30.2 Å². The molecular formula is C22H31N2O3+. The van der Waals surface area contributed by atoms with Gasteiger partial charge in [-0.15, -0.1) is 0 Å². The lowest BCUT2D eigenvalue weighted by Crippen LogP contribution is -2.52. The average Bonchev–Trinajstić information content (AvgIpc) is 2.58. The van der Waals surface area contributed by atoms with Gasteiger partial charge in [0.25, 0.3) is 5.91 Å². The molecule has 0 aromatic carbocycles. The number of amides is 1. The van der Waals surface area contributed by atoms with Crippen molar-refractivity contribution in [2.75, 3.05) is 6.61 Å². The molecular weight excluding hydrogens is 340 g/mol. The fraction of sp³-hybridized carbons (Fsp3) is 0.682. The molecule has 1 amide bonds. The summed E-state index contributed by atoms with van der Waals surface area (Å²) in [5.41, 5.74) is -0.246. The predicted molar refractivity (Wildman–Crippen MR) is 101 cm³/mol. The molecule has 1 N–H and O–H groups in total. The van der Waals surface area contributed by atoms with Gasteiger partial charge in [0.15, 0.2) is 12.4 Å². The highest BCUT2D eigenvalue weighted by Crippen LogP contribution is 2.60. The van der Waals surface area contributed by atoms with Gasteiger partial charge in [-0.25, -0.2) is 4.57 Å². The second-order valence-electron chi connectivity index (χ2n) is 9.86. The van der Waals surface area contributed by atoms with E-state index in [9.17, 15) is 9.59 Å². The van der Waals surface area contributed by atoms with Crippen molar-refractivity contribution in [2.45, 2.75) is 57.9 Å². The quantitative estimate of drug-likeness (QED) is 0.640. The summed E-state index contributed by atoms with van der Waals surface area (Å²) in [6, 6.07) is 3.57. The van der Waals surface area contributed by atoms with Gasteiger partial charge in [-0.3, -0.25) is 9.59 Å². The van der Waals surface area contributed by atoms with Gasteiger partial charge < -0.3 is 10.1 Å². The highest BCUT2D eigenvalue weighted by atomic mass is 16.5. The molecule has 1 aromatic rings. The summed E-state index contributed by atoms with van der Waals surface area (Å²) in [6.07, 6.45) is 10.6. The highest BCUT2D eigenvalue weighted by Gasteiger charge is 2.55. The van der Waals surface area contributed by atoms with E-state index in [1.807, 2.05) is 37.9 Å². The van der Waals surface area contributed by atoms with E-state index < -0.39 is 5.54 Å². The molecule has 0 radical (unpaired) electrons. The maximum atomic E-state index is 13.0. The SMILES string of the molecule is C[n+]1ccc(C(=O)NC(C)(C)COC(=O)C23CC4CC(CC(C4)C2)C3)cc1. The van der Waals surface area contributed by atoms with Crippen LogP contribution >= 0.6 is 0 Å². The van der Waals surface area contributed by atoms with Crippen molar-refractivity contribution in [3.05, 3.63) is 30.1 Å². The number of aryl methyl sites for hydroxylation is 1. The van der Waals surface area contributed by atoms with Crippen molar-refractivity contribution in [3.8, 4) is 0 Å². The molecule has 27 heavy (non-hydrogen) atoms. The number of carbonyl (C=O) groups excluding carboxylic acids is 2. The summed E-state index contributed by atoms with van der Waals surface area (Å²) in [5.74, 6) is 1.98. The Morgan fingerprint density at radius 1 is 1.11 bits per heavy atom. The Kier molecular flexibility index (Phi) is 4.52. The molecule has 0 saturated heterocycles. The highest BCUT2D eigenvalue weighted by molar-refractivity contribution is 5.94. The van der Waals surface area contributed by atoms with E-state index in [0.29, 0.717) is 5.56 Å². The summed E-state index contributed by atoms with van der Waals surface area (Å²) in [5, 5.41) is 3.00. The molecule has 146 valence electrons. The number of nitrogens with zero attached hydrogens (tertiary/aromatic N) is 1. The van der Waals surface area contributed by atoms with Crippen LogP contribution in [0.5, 0.6) is 0 Å². The topological polar surface area (TPSA) is 59.3 Å². The zero-order valence-corrected chi connectivity index (χ0v) is 16.7. The van der Waals surface area contributed by atoms with Gasteiger partial charge in [-0.2, -0.15) is 0 Å². The lowest BCUT2D eigenvalue weighted by atomic mass is 9.49. The molecule has 4 fully saturated rings. The third-order valence-corrected chi connectivity index (χ3v) is 6.73. The number of pyridine rings is 1. The first-order chi connectivity index (χ1) is 12.7. The first-order valence-electron chi connectivity index (χ1n) is 10.2. The first kappa shape index (κ1) is 18.5. The molecule has 0 aliphatic heterocycles. The van der Waals surface area contributed by atoms with Crippen molar-refractivity contribution in [3.63, 3.8) is 0 Å². The first-order valence-corrected chi connectivity index (χ1v) is 10.2. The van der Waals surface area contributed by atoms with Crippen LogP contribution in [0.25, 0.3) is 0 Å². The van der Waals surface area contributed by atoms with Gasteiger partial charge in [-0.05, 0) is 70.1 Å². The van der Waals surface area contributed by atoms with Crippen molar-refractivity contribution in [1.82, 2.24) is 5.32 Å². The van der Waals surface area contributed by atoms with E-state index in [-0.39, 0.29) is 23.9 Å². The molecule has 4 aliphatic rings. The molecule has 4 aliphatic carbocycles. The van der Waals surface area contributed by atoms with Gasteiger partial charge in [0.1, 0.15) is 13.7 Å². The van der Waals surface area contributed by atoms with Crippen LogP contribution in [0.3, 0.4) is 0 Å². The van der Waals surface area contributed by atoms with Crippen LogP contribution in [0.4, 0.5) is 0 Å². The Labute approximate surface area is 161 Å². The summed E-state index contributed by atoms with van der Waals surface area (Å²) >= 11 is 0. The number of rotatable bonds is 5. The number of aromatic nitrogens is 1. The molecule has 0 atom stereocenters. The standard InChI is InChI=1S/C22H30N2O3/c1-21(2,23-19(25)18-4-6-24(3)7-5-18)14-27-20(26)22-11-15-8-16(12-22)10-17(9-15)13-22/h4-7,15-17H,8-14H2,1-3H3/p+1. The van der Waals surface area contributed by atoms with Gasteiger partial charge >= 0.3 is 5.97 Å². The Balaban J connectivity index is 1.35. The van der Waals surface area contributed by atoms with E-state index in [1.165, 1.54) is 19.3 Å². The van der Waals surface area contributed by atoms with Crippen LogP contribution in [0.2, 0.25) is 0 Å². The Hall–Kier alpha value is -1.91. The van der Waals surface area contributed by atoms with Gasteiger partial charge in [-0.1, -0.05) is 0 Å². The van der Waals surface area contributed by atoms with Gasteiger partial charge in [0.2, 0.25) is 0 Å². The average molecular weight is 372 g/mol. The minimum Gasteiger partial charge on any atom is -0.463 e. The summed E-state index contributed by atoms with van der Waals surface area (Å²) in [6.45, 7) is 4.02. The fourth-order valence-electron chi connectivity index (χ4n) is 5.83. The van der Waals surface area contributed by atoms with Gasteiger partial charge in [0.05, 0.1) is 16.5 Å². The zero-order chi connectivity index (χ0) is 19.2. The molecule has 4 saturated carbocycles. The number of hydrogen-bond acceptors (Lipinski definition) is 3. The minimum atomic E-state index is -0.604. The van der Waals surface area contributed by atoms with Crippen molar-refractivity contribution < 1.29 is 18.9 Å². The second-order valence-corrected chi connectivity index (χ2v) is 9.86. The lowest BCUT2D eigenvalue weighted by molar-refractivity contribution is -0.671. The Morgan fingerprint density at radius 2 is 1.63 bits per heavy atom. The van der Waals surface area contributed by atoms with E-state index in [1.54, 1.807) is 12.1 Å². The lowest BCUT2D eigenvalue weighted by Gasteiger charge is -2.55. The molecule has 0 spiro atoms. The largest absolute Gasteiger partial charge is 0.463 e. The van der Waals surface area contributed by atoms with E-state index in [4.69, 9.17) is 4.74 Å². The van der Waals surface area contributed by atoms with Gasteiger partial charge in [0, 0.05) is 12.1 Å². The van der Waals surface area contributed by atoms with Crippen LogP contribution in [0.15, 0.2) is 24.5 Å². The van der Waals surface area contributed by atoms with Crippen molar-refractivity contribution >= 4 is 11.9 Å². The molecule has 4 bridgehead atoms. The minimum absolute atomic E-state index is 0.0318. The summed E-state index contributed by atoms with van der Waals surface area (Å²) in [4.78, 5) is 25.5. The maximum Gasteiger partial charge on any atom is 0.312 e. The number of nitrogens with one attached hydrogen (secondary N) is 1. The molecule has 5 nitrogen and oxygen atoms in total. The van der Waals surface area contributed by atoms with Crippen LogP contribution in [0, 0.1) is 23.2 Å². The Bertz CT molecular complexity index is 703. The second kappa shape index (κ2) is 6.61. The van der Waals surface area contributed by atoms with Crippen molar-refractivity contribution in [1.29, 1.82) is 0 Å². The summed E-state index contributed by atoms with van der Waals surface area (Å²) < 4.78 is 7.67. The molecule has 1 aromatic heterocycles. The van der Waals surface area contributed by atoms with Crippen LogP contribution in [0.1, 0.15) is 62.7 Å². The molecule has 0 unspecified atom stereocenters. The number of hydrogen-bond donors (Lipinski definition) is 1. The van der Waals surface area contributed by atoms with E-state index in [0.717, 1.165) is 37.0 Å². The third kappa shape index (κ3) is 3.74. The fourth-order valence-corrected chi connectivity index (χ4v) is 5.83. The molecule has 5 heteroatoms. The molecule has 5 rings (SSSR count). The number of carbonyl (C=O) groups is 2. The third-order valence-electron chi connectivity index (χ3n) is 6.73. The van der Waals surface area contributed by atoms with E-state index >= 15 is 0 Å². The maximum absolute atomic E-state index is 13.0. The zero-order valence-electron chi connectivity index (χ0n) is 16.7. The summed E-state index contributed by atoms with van der Waals surface area (Å²) in [7, 11) is 1.91. The van der Waals surface area contributed by atoms with E-state index in [2.05, 4.69) is 5.32 Å². The number of ether oxygens (including phenoxy) is 1. The van der Waals surface area contributed by atoms with Crippen LogP contribution in [-0.4, -0.2) is 24.0 Å². The molecule has 1 heterocycles. The number of esters is 1. The smallest absolute Gasteiger partial charge is 0.312 e. The Morgan fingerprint density at radius 3 is 2.15 bits per heavy atom.